The van der Waals surface area contributed by atoms with Crippen LogP contribution in [0.2, 0.25) is 0 Å². The molecule has 0 aliphatic carbocycles. The lowest BCUT2D eigenvalue weighted by Crippen LogP contribution is -2.35. The SMILES string of the molecule is CNCC(C)C(=O)NC(C)c1ncc(C)s1.Cl.Cl. The molecule has 1 heterocycles. The van der Waals surface area contributed by atoms with Crippen LogP contribution in [0.15, 0.2) is 6.20 Å². The fourth-order valence-corrected chi connectivity index (χ4v) is 2.17. The number of nitrogens with one attached hydrogen (secondary N) is 2. The zero-order valence-electron chi connectivity index (χ0n) is 11.0. The molecule has 0 saturated carbocycles. The third-order valence-electron chi connectivity index (χ3n) is 2.33. The molecule has 0 aliphatic rings. The van der Waals surface area contributed by atoms with Crippen LogP contribution in [0.25, 0.3) is 0 Å². The molecule has 1 aromatic rings. The van der Waals surface area contributed by atoms with Crippen molar-refractivity contribution in [3.8, 4) is 0 Å². The van der Waals surface area contributed by atoms with Crippen molar-refractivity contribution in [1.29, 1.82) is 0 Å². The van der Waals surface area contributed by atoms with E-state index < -0.39 is 0 Å². The van der Waals surface area contributed by atoms with E-state index in [0.717, 1.165) is 5.01 Å². The molecule has 2 unspecified atom stereocenters. The minimum absolute atomic E-state index is 0. The van der Waals surface area contributed by atoms with Gasteiger partial charge in [0, 0.05) is 23.5 Å². The van der Waals surface area contributed by atoms with Crippen LogP contribution in [0.1, 0.15) is 29.8 Å². The monoisotopic (exact) mass is 313 g/mol. The van der Waals surface area contributed by atoms with Gasteiger partial charge in [-0.15, -0.1) is 36.2 Å². The van der Waals surface area contributed by atoms with Crippen molar-refractivity contribution in [2.45, 2.75) is 26.8 Å². The highest BCUT2D eigenvalue weighted by Crippen LogP contribution is 2.19. The molecule has 0 fully saturated rings. The molecule has 2 N–H and O–H groups in total. The standard InChI is InChI=1S/C11H19N3OS.2ClH/c1-7(5-12-4)10(15)14-9(3)11-13-6-8(2)16-11;;/h6-7,9,12H,5H2,1-4H3,(H,14,15);2*1H. The summed E-state index contributed by atoms with van der Waals surface area (Å²) in [5.74, 6) is 0.0446. The Kier molecular flexibility index (Phi) is 10.6. The van der Waals surface area contributed by atoms with Gasteiger partial charge in [-0.3, -0.25) is 4.79 Å². The first-order valence-corrected chi connectivity index (χ1v) is 6.23. The number of hydrogen-bond donors (Lipinski definition) is 2. The zero-order chi connectivity index (χ0) is 12.1. The second-order valence-electron chi connectivity index (χ2n) is 4.00. The van der Waals surface area contributed by atoms with Crippen LogP contribution in [0.4, 0.5) is 0 Å². The van der Waals surface area contributed by atoms with E-state index in [2.05, 4.69) is 15.6 Å². The number of aryl methyl sites for hydroxylation is 1. The summed E-state index contributed by atoms with van der Waals surface area (Å²) in [6, 6.07) is -0.00879. The second kappa shape index (κ2) is 9.55. The molecule has 0 aliphatic heterocycles. The predicted octanol–water partition coefficient (Wildman–Crippen LogP) is 2.33. The average molecular weight is 314 g/mol. The summed E-state index contributed by atoms with van der Waals surface area (Å²) in [6.45, 7) is 6.57. The first-order valence-electron chi connectivity index (χ1n) is 5.42. The van der Waals surface area contributed by atoms with Gasteiger partial charge in [0.1, 0.15) is 5.01 Å². The third-order valence-corrected chi connectivity index (χ3v) is 3.42. The Hall–Kier alpha value is -0.360. The average Bonchev–Trinajstić information content (AvgIpc) is 2.65. The van der Waals surface area contributed by atoms with E-state index >= 15 is 0 Å². The number of carbonyl (C=O) groups excluding carboxylic acids is 1. The molecule has 0 aromatic carbocycles. The van der Waals surface area contributed by atoms with Crippen LogP contribution >= 0.6 is 36.2 Å². The number of amides is 1. The van der Waals surface area contributed by atoms with Gasteiger partial charge in [0.05, 0.1) is 6.04 Å². The number of hydrogen-bond acceptors (Lipinski definition) is 4. The Labute approximate surface area is 125 Å². The number of rotatable bonds is 5. The molecule has 106 valence electrons. The summed E-state index contributed by atoms with van der Waals surface area (Å²) in [5.41, 5.74) is 0. The number of carbonyl (C=O) groups is 1. The fourth-order valence-electron chi connectivity index (χ4n) is 1.39. The second-order valence-corrected chi connectivity index (χ2v) is 5.26. The zero-order valence-corrected chi connectivity index (χ0v) is 13.5. The van der Waals surface area contributed by atoms with Gasteiger partial charge in [0.15, 0.2) is 0 Å². The Balaban J connectivity index is 0. The fraction of sp³-hybridized carbons (Fsp3) is 0.636. The highest BCUT2D eigenvalue weighted by molar-refractivity contribution is 7.11. The molecule has 0 radical (unpaired) electrons. The van der Waals surface area contributed by atoms with E-state index in [-0.39, 0.29) is 42.7 Å². The number of halogens is 2. The van der Waals surface area contributed by atoms with Gasteiger partial charge >= 0.3 is 0 Å². The Morgan fingerprint density at radius 2 is 2.06 bits per heavy atom. The van der Waals surface area contributed by atoms with E-state index in [1.165, 1.54) is 4.88 Å². The van der Waals surface area contributed by atoms with E-state index in [9.17, 15) is 4.79 Å². The molecule has 1 aromatic heterocycles. The van der Waals surface area contributed by atoms with Crippen molar-refractivity contribution in [3.05, 3.63) is 16.1 Å². The third kappa shape index (κ3) is 6.00. The highest BCUT2D eigenvalue weighted by Gasteiger charge is 2.16. The van der Waals surface area contributed by atoms with Gasteiger partial charge in [-0.25, -0.2) is 4.98 Å². The van der Waals surface area contributed by atoms with E-state index in [0.29, 0.717) is 6.54 Å². The predicted molar refractivity (Wildman–Crippen MR) is 81.0 cm³/mol. The largest absolute Gasteiger partial charge is 0.347 e. The summed E-state index contributed by atoms with van der Waals surface area (Å²) < 4.78 is 0. The smallest absolute Gasteiger partial charge is 0.224 e. The summed E-state index contributed by atoms with van der Waals surface area (Å²) in [6.07, 6.45) is 1.83. The maximum Gasteiger partial charge on any atom is 0.224 e. The molecule has 4 nitrogen and oxygen atoms in total. The van der Waals surface area contributed by atoms with E-state index in [1.807, 2.05) is 34.0 Å². The number of aromatic nitrogens is 1. The quantitative estimate of drug-likeness (QED) is 0.877. The van der Waals surface area contributed by atoms with Crippen LogP contribution in [0, 0.1) is 12.8 Å². The van der Waals surface area contributed by atoms with Crippen LogP contribution in [-0.2, 0) is 4.79 Å². The van der Waals surface area contributed by atoms with Crippen molar-refractivity contribution in [2.24, 2.45) is 5.92 Å². The molecular formula is C11H21Cl2N3OS. The summed E-state index contributed by atoms with van der Waals surface area (Å²) in [4.78, 5) is 17.2. The topological polar surface area (TPSA) is 54.0 Å². The molecule has 18 heavy (non-hydrogen) atoms. The summed E-state index contributed by atoms with van der Waals surface area (Å²) in [5, 5.41) is 6.92. The van der Waals surface area contributed by atoms with Gasteiger partial charge in [-0.05, 0) is 20.9 Å². The summed E-state index contributed by atoms with van der Waals surface area (Å²) >= 11 is 1.62. The van der Waals surface area contributed by atoms with Crippen molar-refractivity contribution >= 4 is 42.1 Å². The van der Waals surface area contributed by atoms with Gasteiger partial charge in [0.2, 0.25) is 5.91 Å². The molecule has 7 heteroatoms. The van der Waals surface area contributed by atoms with E-state index in [4.69, 9.17) is 0 Å². The van der Waals surface area contributed by atoms with Crippen molar-refractivity contribution < 1.29 is 4.79 Å². The lowest BCUT2D eigenvalue weighted by Gasteiger charge is -2.15. The van der Waals surface area contributed by atoms with Crippen LogP contribution in [0.5, 0.6) is 0 Å². The lowest BCUT2D eigenvalue weighted by molar-refractivity contribution is -0.125. The van der Waals surface area contributed by atoms with Crippen LogP contribution in [0.3, 0.4) is 0 Å². The minimum atomic E-state index is -0.0199. The summed E-state index contributed by atoms with van der Waals surface area (Å²) in [7, 11) is 1.84. The Morgan fingerprint density at radius 1 is 1.44 bits per heavy atom. The minimum Gasteiger partial charge on any atom is -0.347 e. The number of thiazole rings is 1. The maximum atomic E-state index is 11.7. The van der Waals surface area contributed by atoms with Gasteiger partial charge < -0.3 is 10.6 Å². The first-order chi connectivity index (χ1) is 7.54. The maximum absolute atomic E-state index is 11.7. The van der Waals surface area contributed by atoms with Crippen molar-refractivity contribution in [3.63, 3.8) is 0 Å². The highest BCUT2D eigenvalue weighted by atomic mass is 35.5. The molecular weight excluding hydrogens is 293 g/mol. The molecule has 1 rings (SSSR count). The van der Waals surface area contributed by atoms with Crippen molar-refractivity contribution in [2.75, 3.05) is 13.6 Å². The molecule has 0 bridgehead atoms. The van der Waals surface area contributed by atoms with Crippen LogP contribution in [-0.4, -0.2) is 24.5 Å². The molecule has 0 spiro atoms. The van der Waals surface area contributed by atoms with E-state index in [1.54, 1.807) is 11.3 Å². The molecule has 0 saturated heterocycles. The normalized spacial score (nSPS) is 12.9. The van der Waals surface area contributed by atoms with Crippen LogP contribution < -0.4 is 10.6 Å². The van der Waals surface area contributed by atoms with Gasteiger partial charge in [-0.2, -0.15) is 0 Å². The Morgan fingerprint density at radius 3 is 2.50 bits per heavy atom. The van der Waals surface area contributed by atoms with Crippen molar-refractivity contribution in [1.82, 2.24) is 15.6 Å². The Bertz CT molecular complexity index is 360. The molecule has 1 amide bonds. The lowest BCUT2D eigenvalue weighted by atomic mass is 10.1. The first kappa shape index (κ1) is 20.0. The van der Waals surface area contributed by atoms with Gasteiger partial charge in [0.25, 0.3) is 0 Å². The molecule has 2 atom stereocenters. The van der Waals surface area contributed by atoms with Gasteiger partial charge in [-0.1, -0.05) is 6.92 Å². The number of nitrogens with zero attached hydrogens (tertiary/aromatic N) is 1.